The van der Waals surface area contributed by atoms with Gasteiger partial charge in [0, 0.05) is 59.0 Å². The Bertz CT molecular complexity index is 1840. The van der Waals surface area contributed by atoms with Gasteiger partial charge in [-0.05, 0) is 65.8 Å². The van der Waals surface area contributed by atoms with E-state index < -0.39 is 0 Å². The molecule has 1 N–H and O–H groups in total. The summed E-state index contributed by atoms with van der Waals surface area (Å²) in [5.41, 5.74) is 5.23. The summed E-state index contributed by atoms with van der Waals surface area (Å²) in [6, 6.07) is 27.4. The van der Waals surface area contributed by atoms with Crippen molar-refractivity contribution < 1.29 is 30.0 Å². The fourth-order valence-corrected chi connectivity index (χ4v) is 6.48. The third-order valence-electron chi connectivity index (χ3n) is 10.0. The number of ketones is 1. The van der Waals surface area contributed by atoms with Gasteiger partial charge < -0.3 is 5.11 Å². The van der Waals surface area contributed by atoms with Gasteiger partial charge in [0.1, 0.15) is 5.76 Å². The number of carbonyl (C=O) groups excluding carboxylic acids is 1. The minimum atomic E-state index is -0.337. The number of hydrogen-bond acceptors (Lipinski definition) is 4. The van der Waals surface area contributed by atoms with Crippen LogP contribution in [0.1, 0.15) is 93.6 Å². The molecule has 0 aliphatic carbocycles. The van der Waals surface area contributed by atoms with Crippen LogP contribution in [0.15, 0.2) is 90.1 Å². The average Bonchev–Trinajstić information content (AvgIpc) is 3.56. The van der Waals surface area contributed by atoms with Gasteiger partial charge in [-0.25, -0.2) is 0 Å². The van der Waals surface area contributed by atoms with Gasteiger partial charge in [-0.15, -0.1) is 40.5 Å². The van der Waals surface area contributed by atoms with Crippen molar-refractivity contribution in [2.45, 2.75) is 93.4 Å². The minimum absolute atomic E-state index is 0. The minimum Gasteiger partial charge on any atom is -0.512 e. The predicted octanol–water partition coefficient (Wildman–Crippen LogP) is 12.5. The molecule has 251 valence electrons. The Kier molecular flexibility index (Phi) is 12.9. The monoisotopic (exact) mass is 825 g/mol. The first-order valence-electron chi connectivity index (χ1n) is 16.6. The summed E-state index contributed by atoms with van der Waals surface area (Å²) in [7, 11) is 0. The third-order valence-corrected chi connectivity index (χ3v) is 10.9. The van der Waals surface area contributed by atoms with Crippen LogP contribution in [0.3, 0.4) is 0 Å². The van der Waals surface area contributed by atoms with Crippen LogP contribution in [-0.2, 0) is 30.3 Å². The van der Waals surface area contributed by atoms with Crippen molar-refractivity contribution in [3.05, 3.63) is 102 Å². The number of nitrogens with zero attached hydrogens (tertiary/aromatic N) is 1. The van der Waals surface area contributed by atoms with E-state index in [0.29, 0.717) is 0 Å². The normalized spacial score (nSPS) is 12.4. The third kappa shape index (κ3) is 8.49. The molecule has 3 aromatic carbocycles. The first kappa shape index (κ1) is 38.3. The molecule has 5 rings (SSSR count). The second-order valence-corrected chi connectivity index (χ2v) is 14.8. The number of carbonyl (C=O) groups is 1. The van der Waals surface area contributed by atoms with Crippen LogP contribution < -0.4 is 0 Å². The molecule has 0 spiro atoms. The molecule has 2 heterocycles. The Hall–Kier alpha value is -3.11. The molecule has 2 aromatic heterocycles. The van der Waals surface area contributed by atoms with Crippen LogP contribution in [-0.4, -0.2) is 15.9 Å². The second kappa shape index (κ2) is 15.9. The number of fused-ring (bicyclic) bond motifs is 2. The van der Waals surface area contributed by atoms with Gasteiger partial charge >= 0.3 is 0 Å². The summed E-state index contributed by atoms with van der Waals surface area (Å²) in [6.07, 6.45) is 6.67. The molecule has 0 aliphatic heterocycles. The molecule has 0 atom stereocenters. The number of aromatic nitrogens is 1. The van der Waals surface area contributed by atoms with E-state index in [4.69, 9.17) is 4.98 Å². The number of hydrogen-bond donors (Lipinski definition) is 1. The van der Waals surface area contributed by atoms with Crippen molar-refractivity contribution >= 4 is 38.0 Å². The Morgan fingerprint density at radius 3 is 2.13 bits per heavy atom. The quantitative estimate of drug-likeness (QED) is 0.0915. The molecule has 0 bridgehead atoms. The number of rotatable bonds is 9. The molecule has 0 saturated heterocycles. The van der Waals surface area contributed by atoms with Gasteiger partial charge in [0.05, 0.1) is 0 Å². The molecular formula is C42H50IrNO2S-. The molecule has 5 aromatic rings. The van der Waals surface area contributed by atoms with Gasteiger partial charge in [0.2, 0.25) is 0 Å². The van der Waals surface area contributed by atoms with Gasteiger partial charge in [0.15, 0.2) is 5.78 Å². The van der Waals surface area contributed by atoms with Crippen LogP contribution in [0.25, 0.3) is 43.2 Å². The van der Waals surface area contributed by atoms with Crippen LogP contribution in [0.5, 0.6) is 0 Å². The molecule has 1 radical (unpaired) electrons. The molecule has 0 unspecified atom stereocenters. The number of aliphatic hydroxyl groups is 1. The molecule has 0 fully saturated rings. The van der Waals surface area contributed by atoms with Crippen LogP contribution in [0.2, 0.25) is 0 Å². The summed E-state index contributed by atoms with van der Waals surface area (Å²) in [6.45, 7) is 18.9. The van der Waals surface area contributed by atoms with Crippen molar-refractivity contribution in [2.75, 3.05) is 0 Å². The van der Waals surface area contributed by atoms with Gasteiger partial charge in [-0.1, -0.05) is 110 Å². The Morgan fingerprint density at radius 1 is 0.830 bits per heavy atom. The van der Waals surface area contributed by atoms with Crippen LogP contribution in [0.4, 0.5) is 0 Å². The fourth-order valence-electron chi connectivity index (χ4n) is 5.66. The topological polar surface area (TPSA) is 50.2 Å². The maximum Gasteiger partial charge on any atom is 0.164 e. The maximum atomic E-state index is 12.2. The van der Waals surface area contributed by atoms with Crippen LogP contribution in [0, 0.1) is 16.9 Å². The number of thiophene rings is 1. The second-order valence-electron chi connectivity index (χ2n) is 13.9. The SMILES string of the molecule is CC(C)(C)c1cc(-c2cc(-c3cccc4sccc34)ccn2)[c-]c2ccccc12.CCC(C)(CC)C(=O)/C=C(\O)C(C)(CC)CC.[Ir]. The predicted molar refractivity (Wildman–Crippen MR) is 199 cm³/mol. The zero-order valence-electron chi connectivity index (χ0n) is 29.5. The van der Waals surface area contributed by atoms with Crippen molar-refractivity contribution in [3.8, 4) is 22.4 Å². The Morgan fingerprint density at radius 2 is 1.49 bits per heavy atom. The van der Waals surface area contributed by atoms with E-state index in [1.807, 2.05) is 47.7 Å². The van der Waals surface area contributed by atoms with Crippen molar-refractivity contribution in [1.29, 1.82) is 0 Å². The van der Waals surface area contributed by atoms with Gasteiger partial charge in [0.25, 0.3) is 0 Å². The molecular weight excluding hydrogens is 775 g/mol. The first-order valence-corrected chi connectivity index (χ1v) is 17.5. The number of allylic oxidation sites excluding steroid dienone is 2. The Labute approximate surface area is 299 Å². The standard InChI is InChI=1S/C27H22NS.C15H28O2.Ir/c1-27(2,3)24-16-20(15-18-7-4-5-8-22(18)24)25-17-19(11-13-28-25)21-9-6-10-26-23(21)12-14-29-26;1-7-14(5,8-2)12(16)11-13(17)15(6,9-3)10-4;/h4-14,16-17H,1-3H3;11,16H,7-10H2,1-6H3;/q-1;;/b;12-11-;. The van der Waals surface area contributed by atoms with Crippen molar-refractivity contribution in [1.82, 2.24) is 4.98 Å². The van der Waals surface area contributed by atoms with E-state index in [1.54, 1.807) is 11.3 Å². The molecule has 3 nitrogen and oxygen atoms in total. The summed E-state index contributed by atoms with van der Waals surface area (Å²) in [5.74, 6) is 0.286. The largest absolute Gasteiger partial charge is 0.512 e. The van der Waals surface area contributed by atoms with Gasteiger partial charge in [-0.2, -0.15) is 0 Å². The zero-order valence-corrected chi connectivity index (χ0v) is 32.7. The first-order chi connectivity index (χ1) is 21.8. The van der Waals surface area contributed by atoms with E-state index >= 15 is 0 Å². The van der Waals surface area contributed by atoms with Gasteiger partial charge in [-0.3, -0.25) is 9.78 Å². The summed E-state index contributed by atoms with van der Waals surface area (Å²) in [4.78, 5) is 16.9. The summed E-state index contributed by atoms with van der Waals surface area (Å²) >= 11 is 1.78. The van der Waals surface area contributed by atoms with E-state index in [2.05, 4.69) is 98.9 Å². The molecule has 5 heteroatoms. The molecule has 0 aliphatic rings. The van der Waals surface area contributed by atoms with Crippen molar-refractivity contribution in [2.24, 2.45) is 10.8 Å². The molecule has 0 saturated carbocycles. The summed E-state index contributed by atoms with van der Waals surface area (Å²) in [5, 5.41) is 16.0. The molecule has 0 amide bonds. The smallest absolute Gasteiger partial charge is 0.164 e. The maximum absolute atomic E-state index is 12.2. The number of benzene rings is 3. The summed E-state index contributed by atoms with van der Waals surface area (Å²) < 4.78 is 1.31. The fraction of sp³-hybridized carbons (Fsp3) is 0.381. The molecule has 47 heavy (non-hydrogen) atoms. The van der Waals surface area contributed by atoms with Crippen LogP contribution >= 0.6 is 11.3 Å². The zero-order chi connectivity index (χ0) is 33.7. The average molecular weight is 825 g/mol. The van der Waals surface area contributed by atoms with E-state index in [-0.39, 0.29) is 47.9 Å². The van der Waals surface area contributed by atoms with E-state index in [1.165, 1.54) is 38.2 Å². The number of aliphatic hydroxyl groups excluding tert-OH is 1. The number of pyridine rings is 1. The van der Waals surface area contributed by atoms with Crippen molar-refractivity contribution in [3.63, 3.8) is 0 Å². The Balaban J connectivity index is 0.000000290. The van der Waals surface area contributed by atoms with E-state index in [0.717, 1.165) is 42.3 Å². The van der Waals surface area contributed by atoms with E-state index in [9.17, 15) is 9.90 Å².